The maximum Gasteiger partial charge on any atom is 0.335 e. The maximum absolute atomic E-state index is 12.2. The van der Waals surface area contributed by atoms with Crippen LogP contribution >= 0.6 is 0 Å². The summed E-state index contributed by atoms with van der Waals surface area (Å²) >= 11 is 0. The number of fused-ring (bicyclic) bond motifs is 1. The summed E-state index contributed by atoms with van der Waals surface area (Å²) < 4.78 is 0. The van der Waals surface area contributed by atoms with Crippen LogP contribution in [-0.2, 0) is 11.2 Å². The SMILES string of the molecule is CC(C)CC(=O)N1CCCc2ccc(C(=O)O)cc21. The topological polar surface area (TPSA) is 57.6 Å². The fourth-order valence-electron chi connectivity index (χ4n) is 2.43. The van der Waals surface area contributed by atoms with Gasteiger partial charge in [0.15, 0.2) is 0 Å². The van der Waals surface area contributed by atoms with Crippen molar-refractivity contribution >= 4 is 17.6 Å². The van der Waals surface area contributed by atoms with Crippen LogP contribution in [-0.4, -0.2) is 23.5 Å². The Labute approximate surface area is 113 Å². The van der Waals surface area contributed by atoms with Crippen molar-refractivity contribution in [3.05, 3.63) is 29.3 Å². The van der Waals surface area contributed by atoms with Crippen LogP contribution in [0.3, 0.4) is 0 Å². The fraction of sp³-hybridized carbons (Fsp3) is 0.467. The summed E-state index contributed by atoms with van der Waals surface area (Å²) in [6.45, 7) is 4.70. The van der Waals surface area contributed by atoms with E-state index < -0.39 is 5.97 Å². The van der Waals surface area contributed by atoms with Gasteiger partial charge in [-0.25, -0.2) is 4.79 Å². The number of carbonyl (C=O) groups is 2. The first-order valence-electron chi connectivity index (χ1n) is 6.65. The number of carboxylic acids is 1. The number of carboxylic acid groups (broad SMARTS) is 1. The van der Waals surface area contributed by atoms with Gasteiger partial charge in [0.1, 0.15) is 0 Å². The molecule has 0 unspecified atom stereocenters. The Morgan fingerprint density at radius 1 is 1.37 bits per heavy atom. The van der Waals surface area contributed by atoms with Gasteiger partial charge in [-0.1, -0.05) is 19.9 Å². The molecule has 0 saturated carbocycles. The van der Waals surface area contributed by atoms with Crippen molar-refractivity contribution in [1.82, 2.24) is 0 Å². The smallest absolute Gasteiger partial charge is 0.335 e. The van der Waals surface area contributed by atoms with Crippen molar-refractivity contribution in [3.8, 4) is 0 Å². The largest absolute Gasteiger partial charge is 0.478 e. The highest BCUT2D eigenvalue weighted by atomic mass is 16.4. The molecule has 19 heavy (non-hydrogen) atoms. The van der Waals surface area contributed by atoms with Gasteiger partial charge >= 0.3 is 5.97 Å². The quantitative estimate of drug-likeness (QED) is 0.910. The number of benzene rings is 1. The molecule has 1 heterocycles. The van der Waals surface area contributed by atoms with E-state index in [1.807, 2.05) is 19.9 Å². The van der Waals surface area contributed by atoms with Crippen molar-refractivity contribution in [2.45, 2.75) is 33.1 Å². The Morgan fingerprint density at radius 2 is 2.11 bits per heavy atom. The van der Waals surface area contributed by atoms with Gasteiger partial charge in [0.05, 0.1) is 5.56 Å². The molecule has 1 aromatic carbocycles. The van der Waals surface area contributed by atoms with Gasteiger partial charge in [0.25, 0.3) is 0 Å². The monoisotopic (exact) mass is 261 g/mol. The Hall–Kier alpha value is -1.84. The molecule has 0 spiro atoms. The van der Waals surface area contributed by atoms with Crippen LogP contribution in [0.4, 0.5) is 5.69 Å². The van der Waals surface area contributed by atoms with Gasteiger partial charge in [0, 0.05) is 18.7 Å². The standard InChI is InChI=1S/C15H19NO3/c1-10(2)8-14(17)16-7-3-4-11-5-6-12(15(18)19)9-13(11)16/h5-6,9-10H,3-4,7-8H2,1-2H3,(H,18,19). The molecule has 0 fully saturated rings. The highest BCUT2D eigenvalue weighted by Gasteiger charge is 2.23. The van der Waals surface area contributed by atoms with E-state index in [0.29, 0.717) is 18.9 Å². The van der Waals surface area contributed by atoms with Crippen molar-refractivity contribution in [1.29, 1.82) is 0 Å². The van der Waals surface area contributed by atoms with Crippen molar-refractivity contribution in [2.75, 3.05) is 11.4 Å². The molecule has 1 N–H and O–H groups in total. The number of aryl methyl sites for hydroxylation is 1. The summed E-state index contributed by atoms with van der Waals surface area (Å²) in [7, 11) is 0. The minimum atomic E-state index is -0.954. The van der Waals surface area contributed by atoms with Crippen LogP contribution in [0.25, 0.3) is 0 Å². The number of nitrogens with zero attached hydrogens (tertiary/aromatic N) is 1. The van der Waals surface area contributed by atoms with Crippen LogP contribution in [0.2, 0.25) is 0 Å². The van der Waals surface area contributed by atoms with Crippen molar-refractivity contribution in [2.24, 2.45) is 5.92 Å². The molecule has 2 rings (SSSR count). The van der Waals surface area contributed by atoms with Crippen LogP contribution in [0.5, 0.6) is 0 Å². The lowest BCUT2D eigenvalue weighted by Crippen LogP contribution is -2.36. The lowest BCUT2D eigenvalue weighted by molar-refractivity contribution is -0.119. The Kier molecular flexibility index (Phi) is 3.88. The third-order valence-electron chi connectivity index (χ3n) is 3.33. The maximum atomic E-state index is 12.2. The molecule has 4 heteroatoms. The number of anilines is 1. The Bertz CT molecular complexity index is 508. The molecule has 1 aliphatic rings. The number of amides is 1. The summed E-state index contributed by atoms with van der Waals surface area (Å²) in [6, 6.07) is 5.06. The molecule has 0 aliphatic carbocycles. The van der Waals surface area contributed by atoms with Crippen LogP contribution in [0, 0.1) is 5.92 Å². The zero-order valence-corrected chi connectivity index (χ0v) is 11.3. The van der Waals surface area contributed by atoms with E-state index in [2.05, 4.69) is 0 Å². The fourth-order valence-corrected chi connectivity index (χ4v) is 2.43. The Balaban J connectivity index is 2.34. The predicted molar refractivity (Wildman–Crippen MR) is 73.5 cm³/mol. The normalized spacial score (nSPS) is 14.4. The average molecular weight is 261 g/mol. The van der Waals surface area contributed by atoms with Crippen molar-refractivity contribution < 1.29 is 14.7 Å². The van der Waals surface area contributed by atoms with Gasteiger partial charge in [-0.3, -0.25) is 4.79 Å². The summed E-state index contributed by atoms with van der Waals surface area (Å²) in [5.41, 5.74) is 2.08. The third-order valence-corrected chi connectivity index (χ3v) is 3.33. The summed E-state index contributed by atoms with van der Waals surface area (Å²) in [4.78, 5) is 25.0. The first-order chi connectivity index (χ1) is 8.99. The molecule has 0 aromatic heterocycles. The van der Waals surface area contributed by atoms with Gasteiger partial charge in [-0.2, -0.15) is 0 Å². The van der Waals surface area contributed by atoms with Crippen LogP contribution in [0.15, 0.2) is 18.2 Å². The second-order valence-electron chi connectivity index (χ2n) is 5.40. The minimum absolute atomic E-state index is 0.0819. The van der Waals surface area contributed by atoms with Gasteiger partial charge in [-0.05, 0) is 36.5 Å². The molecule has 0 bridgehead atoms. The molecule has 1 aliphatic heterocycles. The summed E-state index contributed by atoms with van der Waals surface area (Å²) in [5, 5.41) is 9.05. The van der Waals surface area contributed by atoms with E-state index in [0.717, 1.165) is 24.1 Å². The molecule has 0 saturated heterocycles. The number of aromatic carboxylic acids is 1. The molecule has 0 atom stereocenters. The molecular formula is C15H19NO3. The number of hydrogen-bond acceptors (Lipinski definition) is 2. The Morgan fingerprint density at radius 3 is 2.74 bits per heavy atom. The molecule has 4 nitrogen and oxygen atoms in total. The van der Waals surface area contributed by atoms with E-state index in [1.54, 1.807) is 17.0 Å². The van der Waals surface area contributed by atoms with E-state index in [4.69, 9.17) is 5.11 Å². The lowest BCUT2D eigenvalue weighted by Gasteiger charge is -2.30. The van der Waals surface area contributed by atoms with Crippen LogP contribution < -0.4 is 4.90 Å². The van der Waals surface area contributed by atoms with Gasteiger partial charge < -0.3 is 10.0 Å². The molecule has 0 radical (unpaired) electrons. The highest BCUT2D eigenvalue weighted by molar-refractivity contribution is 5.97. The summed E-state index contributed by atoms with van der Waals surface area (Å²) in [5.74, 6) is -0.566. The molecule has 102 valence electrons. The first kappa shape index (κ1) is 13.6. The number of carbonyl (C=O) groups excluding carboxylic acids is 1. The van der Waals surface area contributed by atoms with E-state index in [-0.39, 0.29) is 11.5 Å². The zero-order chi connectivity index (χ0) is 14.0. The van der Waals surface area contributed by atoms with Crippen molar-refractivity contribution in [3.63, 3.8) is 0 Å². The number of rotatable bonds is 3. The third kappa shape index (κ3) is 2.95. The minimum Gasteiger partial charge on any atom is -0.478 e. The highest BCUT2D eigenvalue weighted by Crippen LogP contribution is 2.29. The second-order valence-corrected chi connectivity index (χ2v) is 5.40. The molecule has 1 aromatic rings. The van der Waals surface area contributed by atoms with Gasteiger partial charge in [-0.15, -0.1) is 0 Å². The van der Waals surface area contributed by atoms with E-state index in [9.17, 15) is 9.59 Å². The second kappa shape index (κ2) is 5.43. The van der Waals surface area contributed by atoms with Crippen LogP contribution in [0.1, 0.15) is 42.6 Å². The van der Waals surface area contributed by atoms with Gasteiger partial charge in [0.2, 0.25) is 5.91 Å². The van der Waals surface area contributed by atoms with E-state index in [1.165, 1.54) is 0 Å². The molecular weight excluding hydrogens is 242 g/mol. The predicted octanol–water partition coefficient (Wildman–Crippen LogP) is 2.71. The number of hydrogen-bond donors (Lipinski definition) is 1. The molecule has 1 amide bonds. The van der Waals surface area contributed by atoms with E-state index >= 15 is 0 Å². The summed E-state index contributed by atoms with van der Waals surface area (Å²) in [6.07, 6.45) is 2.33. The first-order valence-corrected chi connectivity index (χ1v) is 6.65. The average Bonchev–Trinajstić information content (AvgIpc) is 2.36. The lowest BCUT2D eigenvalue weighted by atomic mass is 9.98. The zero-order valence-electron chi connectivity index (χ0n) is 11.3.